The molecule has 0 aliphatic carbocycles. The highest BCUT2D eigenvalue weighted by Crippen LogP contribution is 2.23. The number of benzene rings is 2. The molecule has 1 atom stereocenters. The van der Waals surface area contributed by atoms with Crippen molar-refractivity contribution in [3.05, 3.63) is 94.2 Å². The van der Waals surface area contributed by atoms with Crippen molar-refractivity contribution in [2.75, 3.05) is 0 Å². The van der Waals surface area contributed by atoms with Crippen molar-refractivity contribution >= 4 is 21.8 Å². The predicted octanol–water partition coefficient (Wildman–Crippen LogP) is 4.91. The monoisotopic (exact) mass is 410 g/mol. The SMILES string of the molecule is CC(NC(=O)c1ccccc1OCc1ccccc1Br)c1cccnc1. The molecule has 0 aliphatic rings. The first-order chi connectivity index (χ1) is 12.6. The molecule has 0 aliphatic heterocycles. The lowest BCUT2D eigenvalue weighted by atomic mass is 10.1. The summed E-state index contributed by atoms with van der Waals surface area (Å²) >= 11 is 3.51. The molecule has 3 aromatic rings. The molecule has 0 spiro atoms. The van der Waals surface area contributed by atoms with Crippen molar-refractivity contribution in [1.29, 1.82) is 0 Å². The number of pyridine rings is 1. The maximum Gasteiger partial charge on any atom is 0.255 e. The largest absolute Gasteiger partial charge is 0.488 e. The van der Waals surface area contributed by atoms with Crippen LogP contribution in [0, 0.1) is 0 Å². The molecule has 4 nitrogen and oxygen atoms in total. The standard InChI is InChI=1S/C21H19BrN2O2/c1-15(16-8-6-12-23-13-16)24-21(25)18-9-3-5-11-20(18)26-14-17-7-2-4-10-19(17)22/h2-13,15H,14H2,1H3,(H,24,25). The summed E-state index contributed by atoms with van der Waals surface area (Å²) in [5.41, 5.74) is 2.48. The molecule has 1 heterocycles. The summed E-state index contributed by atoms with van der Waals surface area (Å²) in [5, 5.41) is 2.99. The van der Waals surface area contributed by atoms with E-state index in [-0.39, 0.29) is 11.9 Å². The van der Waals surface area contributed by atoms with Crippen LogP contribution in [0.25, 0.3) is 0 Å². The van der Waals surface area contributed by atoms with Gasteiger partial charge in [0.15, 0.2) is 0 Å². The summed E-state index contributed by atoms with van der Waals surface area (Å²) in [4.78, 5) is 16.8. The van der Waals surface area contributed by atoms with Gasteiger partial charge < -0.3 is 10.1 Å². The average Bonchev–Trinajstić information content (AvgIpc) is 2.68. The molecule has 0 saturated carbocycles. The molecular formula is C21H19BrN2O2. The van der Waals surface area contributed by atoms with Crippen molar-refractivity contribution < 1.29 is 9.53 Å². The zero-order valence-electron chi connectivity index (χ0n) is 14.4. The molecule has 0 fully saturated rings. The zero-order valence-corrected chi connectivity index (χ0v) is 15.9. The average molecular weight is 411 g/mol. The van der Waals surface area contributed by atoms with Gasteiger partial charge in [-0.25, -0.2) is 0 Å². The summed E-state index contributed by atoms with van der Waals surface area (Å²) in [6, 6.07) is 18.8. The molecule has 26 heavy (non-hydrogen) atoms. The molecule has 0 radical (unpaired) electrons. The maximum atomic E-state index is 12.7. The van der Waals surface area contributed by atoms with E-state index in [0.29, 0.717) is 17.9 Å². The molecule has 132 valence electrons. The number of rotatable bonds is 6. The number of para-hydroxylation sites is 1. The Hall–Kier alpha value is -2.66. The van der Waals surface area contributed by atoms with Gasteiger partial charge in [-0.05, 0) is 36.8 Å². The van der Waals surface area contributed by atoms with E-state index in [1.165, 1.54) is 0 Å². The van der Waals surface area contributed by atoms with Crippen LogP contribution in [0.4, 0.5) is 0 Å². The fourth-order valence-corrected chi connectivity index (χ4v) is 2.94. The van der Waals surface area contributed by atoms with Crippen LogP contribution in [0.3, 0.4) is 0 Å². The Morgan fingerprint density at radius 1 is 1.12 bits per heavy atom. The maximum absolute atomic E-state index is 12.7. The van der Waals surface area contributed by atoms with Crippen LogP contribution < -0.4 is 10.1 Å². The van der Waals surface area contributed by atoms with Gasteiger partial charge in [0.1, 0.15) is 12.4 Å². The summed E-state index contributed by atoms with van der Waals surface area (Å²) in [6.07, 6.45) is 3.46. The second kappa shape index (κ2) is 8.63. The lowest BCUT2D eigenvalue weighted by molar-refractivity contribution is 0.0935. The number of halogens is 1. The first-order valence-electron chi connectivity index (χ1n) is 8.31. The fourth-order valence-electron chi connectivity index (χ4n) is 2.54. The number of carbonyl (C=O) groups is 1. The lowest BCUT2D eigenvalue weighted by Gasteiger charge is -2.16. The van der Waals surface area contributed by atoms with E-state index in [2.05, 4.69) is 26.2 Å². The second-order valence-electron chi connectivity index (χ2n) is 5.86. The quantitative estimate of drug-likeness (QED) is 0.627. The third-order valence-electron chi connectivity index (χ3n) is 4.00. The number of ether oxygens (including phenoxy) is 1. The molecule has 2 aromatic carbocycles. The van der Waals surface area contributed by atoms with Crippen LogP contribution in [-0.2, 0) is 6.61 Å². The van der Waals surface area contributed by atoms with Gasteiger partial charge in [0, 0.05) is 22.4 Å². The molecule has 1 N–H and O–H groups in total. The lowest BCUT2D eigenvalue weighted by Crippen LogP contribution is -2.27. The van der Waals surface area contributed by atoms with Crippen molar-refractivity contribution in [1.82, 2.24) is 10.3 Å². The summed E-state index contributed by atoms with van der Waals surface area (Å²) in [7, 11) is 0. The van der Waals surface area contributed by atoms with Gasteiger partial charge in [-0.1, -0.05) is 52.3 Å². The van der Waals surface area contributed by atoms with Crippen molar-refractivity contribution in [2.24, 2.45) is 0 Å². The van der Waals surface area contributed by atoms with E-state index >= 15 is 0 Å². The normalized spacial score (nSPS) is 11.6. The fraction of sp³-hybridized carbons (Fsp3) is 0.143. The number of hydrogen-bond acceptors (Lipinski definition) is 3. The van der Waals surface area contributed by atoms with Gasteiger partial charge in [0.2, 0.25) is 0 Å². The van der Waals surface area contributed by atoms with Crippen molar-refractivity contribution in [3.63, 3.8) is 0 Å². The van der Waals surface area contributed by atoms with Crippen molar-refractivity contribution in [3.8, 4) is 5.75 Å². The van der Waals surface area contributed by atoms with E-state index in [0.717, 1.165) is 15.6 Å². The minimum Gasteiger partial charge on any atom is -0.488 e. The van der Waals surface area contributed by atoms with Gasteiger partial charge in [-0.2, -0.15) is 0 Å². The topological polar surface area (TPSA) is 51.2 Å². The number of amides is 1. The number of nitrogens with one attached hydrogen (secondary N) is 1. The van der Waals surface area contributed by atoms with Crippen LogP contribution in [0.15, 0.2) is 77.5 Å². The third-order valence-corrected chi connectivity index (χ3v) is 4.78. The van der Waals surface area contributed by atoms with E-state index in [4.69, 9.17) is 4.74 Å². The first-order valence-corrected chi connectivity index (χ1v) is 9.10. The minimum absolute atomic E-state index is 0.146. The highest BCUT2D eigenvalue weighted by Gasteiger charge is 2.16. The minimum atomic E-state index is -0.177. The molecule has 5 heteroatoms. The van der Waals surface area contributed by atoms with E-state index in [1.807, 2.05) is 55.5 Å². The molecule has 1 unspecified atom stereocenters. The van der Waals surface area contributed by atoms with Crippen LogP contribution in [-0.4, -0.2) is 10.9 Å². The summed E-state index contributed by atoms with van der Waals surface area (Å²) in [5.74, 6) is 0.378. The predicted molar refractivity (Wildman–Crippen MR) is 105 cm³/mol. The first kappa shape index (κ1) is 18.1. The highest BCUT2D eigenvalue weighted by molar-refractivity contribution is 9.10. The Morgan fingerprint density at radius 3 is 2.65 bits per heavy atom. The third kappa shape index (κ3) is 4.49. The Bertz CT molecular complexity index is 884. The smallest absolute Gasteiger partial charge is 0.255 e. The summed E-state index contributed by atoms with van der Waals surface area (Å²) in [6.45, 7) is 2.31. The van der Waals surface area contributed by atoms with Gasteiger partial charge >= 0.3 is 0 Å². The highest BCUT2D eigenvalue weighted by atomic mass is 79.9. The Kier molecular flexibility index (Phi) is 6.02. The molecule has 1 aromatic heterocycles. The van der Waals surface area contributed by atoms with Crippen LogP contribution in [0.5, 0.6) is 5.75 Å². The van der Waals surface area contributed by atoms with Crippen LogP contribution in [0.1, 0.15) is 34.5 Å². The van der Waals surface area contributed by atoms with Crippen LogP contribution in [0.2, 0.25) is 0 Å². The zero-order chi connectivity index (χ0) is 18.4. The number of carbonyl (C=O) groups excluding carboxylic acids is 1. The van der Waals surface area contributed by atoms with E-state index in [1.54, 1.807) is 24.5 Å². The number of nitrogens with zero attached hydrogens (tertiary/aromatic N) is 1. The van der Waals surface area contributed by atoms with Gasteiger partial charge in [0.05, 0.1) is 11.6 Å². The van der Waals surface area contributed by atoms with Crippen molar-refractivity contribution in [2.45, 2.75) is 19.6 Å². The van der Waals surface area contributed by atoms with Crippen LogP contribution >= 0.6 is 15.9 Å². The molecule has 0 bridgehead atoms. The number of hydrogen-bond donors (Lipinski definition) is 1. The Balaban J connectivity index is 1.72. The second-order valence-corrected chi connectivity index (χ2v) is 6.71. The number of aromatic nitrogens is 1. The van der Waals surface area contributed by atoms with Gasteiger partial charge in [-0.15, -0.1) is 0 Å². The molecule has 1 amide bonds. The Morgan fingerprint density at radius 2 is 1.88 bits per heavy atom. The van der Waals surface area contributed by atoms with Gasteiger partial charge in [0.25, 0.3) is 5.91 Å². The Labute approximate surface area is 161 Å². The molecular weight excluding hydrogens is 392 g/mol. The molecule has 0 saturated heterocycles. The van der Waals surface area contributed by atoms with E-state index < -0.39 is 0 Å². The molecule has 3 rings (SSSR count). The summed E-state index contributed by atoms with van der Waals surface area (Å²) < 4.78 is 6.89. The van der Waals surface area contributed by atoms with E-state index in [9.17, 15) is 4.79 Å². The van der Waals surface area contributed by atoms with Gasteiger partial charge in [-0.3, -0.25) is 9.78 Å².